The summed E-state index contributed by atoms with van der Waals surface area (Å²) in [6, 6.07) is 0.619. The number of aromatic nitrogens is 3. The fraction of sp³-hybridized carbons (Fsp3) is 0.769. The highest BCUT2D eigenvalue weighted by Crippen LogP contribution is 2.15. The molecule has 0 aromatic carbocycles. The Balaban J connectivity index is 1.77. The van der Waals surface area contributed by atoms with Crippen LogP contribution in [0.2, 0.25) is 0 Å². The topological polar surface area (TPSA) is 70.4 Å². The Morgan fingerprint density at radius 3 is 3.00 bits per heavy atom. The van der Waals surface area contributed by atoms with E-state index < -0.39 is 0 Å². The molecule has 7 nitrogen and oxygen atoms in total. The third-order valence-corrected chi connectivity index (χ3v) is 3.85. The Morgan fingerprint density at radius 2 is 2.35 bits per heavy atom. The van der Waals surface area contributed by atoms with Gasteiger partial charge in [0.05, 0.1) is 6.54 Å². The molecule has 0 aliphatic carbocycles. The summed E-state index contributed by atoms with van der Waals surface area (Å²) in [4.78, 5) is 10.9. The van der Waals surface area contributed by atoms with Gasteiger partial charge in [0.25, 0.3) is 0 Å². The van der Waals surface area contributed by atoms with Gasteiger partial charge in [0.1, 0.15) is 12.2 Å². The first-order valence-corrected chi connectivity index (χ1v) is 7.26. The normalized spacial score (nSPS) is 20.4. The first kappa shape index (κ1) is 14.8. The van der Waals surface area contributed by atoms with E-state index >= 15 is 0 Å². The Labute approximate surface area is 120 Å². The highest BCUT2D eigenvalue weighted by atomic mass is 15.3. The summed E-state index contributed by atoms with van der Waals surface area (Å²) in [5.74, 6) is 1.71. The van der Waals surface area contributed by atoms with Gasteiger partial charge >= 0.3 is 0 Å². The van der Waals surface area contributed by atoms with Crippen molar-refractivity contribution in [2.24, 2.45) is 12.0 Å². The van der Waals surface area contributed by atoms with Gasteiger partial charge in [-0.2, -0.15) is 5.10 Å². The van der Waals surface area contributed by atoms with Crippen LogP contribution in [-0.4, -0.2) is 58.3 Å². The molecule has 2 N–H and O–H groups in total. The Hall–Kier alpha value is -1.63. The number of likely N-dealkylation sites (N-methyl/N-ethyl adjacent to an activating group) is 1. The molecular weight excluding hydrogens is 254 g/mol. The molecule has 0 bridgehead atoms. The largest absolute Gasteiger partial charge is 0.355 e. The van der Waals surface area contributed by atoms with Crippen molar-refractivity contribution in [1.82, 2.24) is 30.3 Å². The monoisotopic (exact) mass is 279 g/mol. The Bertz CT molecular complexity index is 440. The summed E-state index contributed by atoms with van der Waals surface area (Å²) < 4.78 is 1.76. The summed E-state index contributed by atoms with van der Waals surface area (Å²) in [7, 11) is 3.68. The maximum absolute atomic E-state index is 4.25. The molecule has 0 radical (unpaired) electrons. The Kier molecular flexibility index (Phi) is 5.34. The first-order chi connectivity index (χ1) is 9.74. The second-order valence-corrected chi connectivity index (χ2v) is 5.03. The van der Waals surface area contributed by atoms with Gasteiger partial charge in [-0.3, -0.25) is 14.6 Å². The predicted molar refractivity (Wildman–Crippen MR) is 79.5 cm³/mol. The van der Waals surface area contributed by atoms with E-state index in [0.29, 0.717) is 12.6 Å². The highest BCUT2D eigenvalue weighted by Gasteiger charge is 2.22. The maximum atomic E-state index is 4.25. The van der Waals surface area contributed by atoms with Gasteiger partial charge in [-0.1, -0.05) is 6.92 Å². The van der Waals surface area contributed by atoms with E-state index in [1.165, 1.54) is 19.4 Å². The lowest BCUT2D eigenvalue weighted by atomic mass is 10.2. The number of hydrogen-bond acceptors (Lipinski definition) is 4. The lowest BCUT2D eigenvalue weighted by Gasteiger charge is -2.23. The molecule has 112 valence electrons. The zero-order valence-corrected chi connectivity index (χ0v) is 12.6. The van der Waals surface area contributed by atoms with E-state index in [1.807, 2.05) is 7.05 Å². The molecular formula is C13H25N7. The van der Waals surface area contributed by atoms with Crippen molar-refractivity contribution in [3.8, 4) is 0 Å². The van der Waals surface area contributed by atoms with Gasteiger partial charge in [0.15, 0.2) is 5.96 Å². The fourth-order valence-corrected chi connectivity index (χ4v) is 2.62. The molecule has 1 fully saturated rings. The molecule has 20 heavy (non-hydrogen) atoms. The van der Waals surface area contributed by atoms with Gasteiger partial charge in [-0.25, -0.2) is 4.98 Å². The van der Waals surface area contributed by atoms with E-state index in [-0.39, 0.29) is 0 Å². The van der Waals surface area contributed by atoms with Gasteiger partial charge < -0.3 is 10.6 Å². The average molecular weight is 279 g/mol. The second-order valence-electron chi connectivity index (χ2n) is 5.03. The van der Waals surface area contributed by atoms with Crippen LogP contribution in [0.4, 0.5) is 0 Å². The minimum Gasteiger partial charge on any atom is -0.355 e. The maximum Gasteiger partial charge on any atom is 0.191 e. The van der Waals surface area contributed by atoms with Gasteiger partial charge in [0.2, 0.25) is 0 Å². The quantitative estimate of drug-likeness (QED) is 0.585. The first-order valence-electron chi connectivity index (χ1n) is 7.26. The van der Waals surface area contributed by atoms with Crippen molar-refractivity contribution in [3.63, 3.8) is 0 Å². The van der Waals surface area contributed by atoms with Crippen molar-refractivity contribution < 1.29 is 0 Å². The molecule has 2 rings (SSSR count). The standard InChI is InChI=1S/C13H25N7/c1-4-20-7-5-6-11(20)8-15-13(14-2)16-9-12-17-10-18-19(12)3/h10-11H,4-9H2,1-3H3,(H2,14,15,16). The van der Waals surface area contributed by atoms with Crippen molar-refractivity contribution in [1.29, 1.82) is 0 Å². The van der Waals surface area contributed by atoms with Crippen LogP contribution in [0.5, 0.6) is 0 Å². The van der Waals surface area contributed by atoms with Crippen LogP contribution in [0, 0.1) is 0 Å². The van der Waals surface area contributed by atoms with Gasteiger partial charge in [-0.15, -0.1) is 0 Å². The average Bonchev–Trinajstić information content (AvgIpc) is 3.08. The van der Waals surface area contributed by atoms with Crippen molar-refractivity contribution >= 4 is 5.96 Å². The summed E-state index contributed by atoms with van der Waals surface area (Å²) >= 11 is 0. The molecule has 1 aromatic rings. The van der Waals surface area contributed by atoms with Crippen LogP contribution in [-0.2, 0) is 13.6 Å². The molecule has 1 unspecified atom stereocenters. The number of likely N-dealkylation sites (tertiary alicyclic amines) is 1. The zero-order valence-electron chi connectivity index (χ0n) is 12.6. The SMILES string of the molecule is CCN1CCCC1CNC(=NC)NCc1ncnn1C. The molecule has 7 heteroatoms. The van der Waals surface area contributed by atoms with Crippen molar-refractivity contribution in [3.05, 3.63) is 12.2 Å². The van der Waals surface area contributed by atoms with Crippen LogP contribution in [0.15, 0.2) is 11.3 Å². The van der Waals surface area contributed by atoms with Crippen LogP contribution >= 0.6 is 0 Å². The van der Waals surface area contributed by atoms with E-state index in [9.17, 15) is 0 Å². The van der Waals surface area contributed by atoms with E-state index in [0.717, 1.165) is 24.9 Å². The number of guanidine groups is 1. The zero-order chi connectivity index (χ0) is 14.4. The number of rotatable bonds is 5. The minimum atomic E-state index is 0.619. The van der Waals surface area contributed by atoms with Crippen LogP contribution in [0.25, 0.3) is 0 Å². The van der Waals surface area contributed by atoms with E-state index in [1.54, 1.807) is 18.1 Å². The third-order valence-electron chi connectivity index (χ3n) is 3.85. The number of aryl methyl sites for hydroxylation is 1. The summed E-state index contributed by atoms with van der Waals surface area (Å²) in [5, 5.41) is 10.7. The predicted octanol–water partition coefficient (Wildman–Crippen LogP) is -0.0356. The molecule has 1 aromatic heterocycles. The molecule has 1 atom stereocenters. The molecule has 1 aliphatic rings. The number of aliphatic imine (C=N–C) groups is 1. The van der Waals surface area contributed by atoms with E-state index in [2.05, 4.69) is 37.5 Å². The number of nitrogens with one attached hydrogen (secondary N) is 2. The van der Waals surface area contributed by atoms with Crippen molar-refractivity contribution in [2.75, 3.05) is 26.7 Å². The summed E-state index contributed by atoms with van der Waals surface area (Å²) in [5.41, 5.74) is 0. The molecule has 1 saturated heterocycles. The minimum absolute atomic E-state index is 0.619. The third kappa shape index (κ3) is 3.69. The lowest BCUT2D eigenvalue weighted by molar-refractivity contribution is 0.267. The smallest absolute Gasteiger partial charge is 0.191 e. The lowest BCUT2D eigenvalue weighted by Crippen LogP contribution is -2.44. The molecule has 2 heterocycles. The van der Waals surface area contributed by atoms with Gasteiger partial charge in [0, 0.05) is 26.7 Å². The molecule has 1 aliphatic heterocycles. The molecule has 0 spiro atoms. The number of hydrogen-bond donors (Lipinski definition) is 2. The summed E-state index contributed by atoms with van der Waals surface area (Å²) in [6.45, 7) is 6.12. The van der Waals surface area contributed by atoms with Crippen molar-refractivity contribution in [2.45, 2.75) is 32.4 Å². The van der Waals surface area contributed by atoms with E-state index in [4.69, 9.17) is 0 Å². The van der Waals surface area contributed by atoms with Crippen LogP contribution in [0.1, 0.15) is 25.6 Å². The Morgan fingerprint density at radius 1 is 1.50 bits per heavy atom. The highest BCUT2D eigenvalue weighted by molar-refractivity contribution is 5.79. The fourth-order valence-electron chi connectivity index (χ4n) is 2.62. The van der Waals surface area contributed by atoms with Crippen LogP contribution < -0.4 is 10.6 Å². The van der Waals surface area contributed by atoms with Crippen LogP contribution in [0.3, 0.4) is 0 Å². The summed E-state index contributed by atoms with van der Waals surface area (Å²) in [6.07, 6.45) is 4.12. The number of nitrogens with zero attached hydrogens (tertiary/aromatic N) is 5. The van der Waals surface area contributed by atoms with Gasteiger partial charge in [-0.05, 0) is 25.9 Å². The molecule has 0 saturated carbocycles. The molecule has 0 amide bonds. The second kappa shape index (κ2) is 7.23.